The zero-order valence-electron chi connectivity index (χ0n) is 9.96. The van der Waals surface area contributed by atoms with Crippen LogP contribution in [-0.4, -0.2) is 7.11 Å². The molecule has 1 nitrogen and oxygen atoms in total. The molecule has 0 saturated heterocycles. The maximum Gasteiger partial charge on any atom is 0.165 e. The molecule has 19 heavy (non-hydrogen) atoms. The summed E-state index contributed by atoms with van der Waals surface area (Å²) >= 11 is 9.46. The first-order valence-electron chi connectivity index (χ1n) is 5.45. The van der Waals surface area contributed by atoms with E-state index < -0.39 is 17.0 Å². The van der Waals surface area contributed by atoms with E-state index in [0.29, 0.717) is 15.6 Å². The van der Waals surface area contributed by atoms with Crippen LogP contribution in [0.1, 0.15) is 16.5 Å². The van der Waals surface area contributed by atoms with Crippen LogP contribution in [0.25, 0.3) is 0 Å². The predicted molar refractivity (Wildman–Crippen MR) is 74.7 cm³/mol. The van der Waals surface area contributed by atoms with Crippen LogP contribution in [0, 0.1) is 11.6 Å². The standard InChI is InChI=1S/C14H10BrClF2O/c1-19-13-5-2-8(6-12(13)18)14(16)10-7-9(15)3-4-11(10)17/h2-7,14H,1H3. The highest BCUT2D eigenvalue weighted by Gasteiger charge is 2.17. The minimum atomic E-state index is -0.766. The minimum Gasteiger partial charge on any atom is -0.494 e. The highest BCUT2D eigenvalue weighted by atomic mass is 79.9. The topological polar surface area (TPSA) is 9.23 Å². The van der Waals surface area contributed by atoms with E-state index in [1.807, 2.05) is 0 Å². The molecule has 2 aromatic rings. The van der Waals surface area contributed by atoms with Gasteiger partial charge in [0.2, 0.25) is 0 Å². The molecular weight excluding hydrogens is 338 g/mol. The Bertz CT molecular complexity index is 604. The molecule has 2 rings (SSSR count). The summed E-state index contributed by atoms with van der Waals surface area (Å²) in [6, 6.07) is 8.80. The van der Waals surface area contributed by atoms with Gasteiger partial charge in [0.05, 0.1) is 12.5 Å². The monoisotopic (exact) mass is 346 g/mol. The van der Waals surface area contributed by atoms with Crippen molar-refractivity contribution >= 4 is 27.5 Å². The Kier molecular flexibility index (Phi) is 4.42. The van der Waals surface area contributed by atoms with E-state index >= 15 is 0 Å². The second-order valence-electron chi connectivity index (χ2n) is 3.92. The van der Waals surface area contributed by atoms with Crippen LogP contribution in [0.2, 0.25) is 0 Å². The van der Waals surface area contributed by atoms with Gasteiger partial charge >= 0.3 is 0 Å². The SMILES string of the molecule is COc1ccc(C(Cl)c2cc(Br)ccc2F)cc1F. The number of ether oxygens (including phenoxy) is 1. The van der Waals surface area contributed by atoms with Crippen LogP contribution in [-0.2, 0) is 0 Å². The number of rotatable bonds is 3. The lowest BCUT2D eigenvalue weighted by Gasteiger charge is -2.13. The Morgan fingerprint density at radius 2 is 1.84 bits per heavy atom. The van der Waals surface area contributed by atoms with Gasteiger partial charge in [-0.05, 0) is 35.9 Å². The summed E-state index contributed by atoms with van der Waals surface area (Å²) < 4.78 is 32.9. The molecule has 0 amide bonds. The van der Waals surface area contributed by atoms with Crippen molar-refractivity contribution in [2.75, 3.05) is 7.11 Å². The maximum absolute atomic E-state index is 13.7. The van der Waals surface area contributed by atoms with E-state index in [4.69, 9.17) is 16.3 Å². The Morgan fingerprint density at radius 1 is 1.11 bits per heavy atom. The van der Waals surface area contributed by atoms with Crippen LogP contribution < -0.4 is 4.74 Å². The summed E-state index contributed by atoms with van der Waals surface area (Å²) in [6.07, 6.45) is 0. The molecule has 0 spiro atoms. The van der Waals surface area contributed by atoms with Crippen molar-refractivity contribution in [1.29, 1.82) is 0 Å². The molecule has 0 saturated carbocycles. The first-order chi connectivity index (χ1) is 9.02. The number of hydrogen-bond donors (Lipinski definition) is 0. The molecule has 0 aliphatic heterocycles. The van der Waals surface area contributed by atoms with E-state index in [1.54, 1.807) is 18.2 Å². The van der Waals surface area contributed by atoms with Gasteiger partial charge < -0.3 is 4.74 Å². The summed E-state index contributed by atoms with van der Waals surface area (Å²) in [6.45, 7) is 0. The smallest absolute Gasteiger partial charge is 0.165 e. The lowest BCUT2D eigenvalue weighted by molar-refractivity contribution is 0.386. The minimum absolute atomic E-state index is 0.127. The third-order valence-corrected chi connectivity index (χ3v) is 3.68. The second-order valence-corrected chi connectivity index (χ2v) is 5.27. The van der Waals surface area contributed by atoms with Gasteiger partial charge in [0, 0.05) is 10.0 Å². The van der Waals surface area contributed by atoms with Crippen molar-refractivity contribution < 1.29 is 13.5 Å². The molecule has 2 aromatic carbocycles. The van der Waals surface area contributed by atoms with E-state index in [9.17, 15) is 8.78 Å². The summed E-state index contributed by atoms with van der Waals surface area (Å²) in [5, 5.41) is -0.766. The average Bonchev–Trinajstić information content (AvgIpc) is 2.40. The summed E-state index contributed by atoms with van der Waals surface area (Å²) in [5.74, 6) is -0.831. The molecule has 100 valence electrons. The van der Waals surface area contributed by atoms with Crippen molar-refractivity contribution in [3.63, 3.8) is 0 Å². The lowest BCUT2D eigenvalue weighted by Crippen LogP contribution is -1.99. The lowest BCUT2D eigenvalue weighted by atomic mass is 10.0. The van der Waals surface area contributed by atoms with Crippen molar-refractivity contribution in [3.8, 4) is 5.75 Å². The highest BCUT2D eigenvalue weighted by molar-refractivity contribution is 9.10. The molecule has 0 aliphatic carbocycles. The van der Waals surface area contributed by atoms with Crippen molar-refractivity contribution in [2.24, 2.45) is 0 Å². The third-order valence-electron chi connectivity index (χ3n) is 2.70. The van der Waals surface area contributed by atoms with Gasteiger partial charge in [-0.15, -0.1) is 11.6 Å². The Balaban J connectivity index is 2.41. The molecule has 0 fully saturated rings. The van der Waals surface area contributed by atoms with Crippen LogP contribution in [0.5, 0.6) is 5.75 Å². The molecule has 0 heterocycles. The quantitative estimate of drug-likeness (QED) is 0.705. The van der Waals surface area contributed by atoms with E-state index in [0.717, 1.165) is 0 Å². The van der Waals surface area contributed by atoms with Crippen LogP contribution in [0.15, 0.2) is 40.9 Å². The van der Waals surface area contributed by atoms with Crippen LogP contribution in [0.3, 0.4) is 0 Å². The number of benzene rings is 2. The van der Waals surface area contributed by atoms with E-state index in [1.165, 1.54) is 25.3 Å². The molecule has 5 heteroatoms. The summed E-state index contributed by atoms with van der Waals surface area (Å²) in [5.41, 5.74) is 0.762. The highest BCUT2D eigenvalue weighted by Crippen LogP contribution is 2.34. The first kappa shape index (κ1) is 14.3. The zero-order valence-corrected chi connectivity index (χ0v) is 12.3. The normalized spacial score (nSPS) is 12.3. The van der Waals surface area contributed by atoms with Crippen LogP contribution >= 0.6 is 27.5 Å². The molecule has 0 bridgehead atoms. The summed E-state index contributed by atoms with van der Waals surface area (Å²) in [4.78, 5) is 0. The predicted octanol–water partition coefficient (Wildman–Crippen LogP) is 5.06. The first-order valence-corrected chi connectivity index (χ1v) is 6.68. The molecule has 0 aliphatic rings. The third kappa shape index (κ3) is 3.07. The van der Waals surface area contributed by atoms with Gasteiger partial charge in [-0.25, -0.2) is 8.78 Å². The van der Waals surface area contributed by atoms with Gasteiger partial charge in [0.15, 0.2) is 11.6 Å². The maximum atomic E-state index is 13.7. The molecule has 1 unspecified atom stereocenters. The van der Waals surface area contributed by atoms with Crippen molar-refractivity contribution in [1.82, 2.24) is 0 Å². The molecule has 0 radical (unpaired) electrons. The number of methoxy groups -OCH3 is 1. The summed E-state index contributed by atoms with van der Waals surface area (Å²) in [7, 11) is 1.38. The van der Waals surface area contributed by atoms with Gasteiger partial charge in [0.25, 0.3) is 0 Å². The molecular formula is C14H10BrClF2O. The fraction of sp³-hybridized carbons (Fsp3) is 0.143. The fourth-order valence-electron chi connectivity index (χ4n) is 1.73. The fourth-order valence-corrected chi connectivity index (χ4v) is 2.41. The largest absolute Gasteiger partial charge is 0.494 e. The Labute approximate surface area is 123 Å². The number of halogens is 4. The number of alkyl halides is 1. The Hall–Kier alpha value is -1.13. The molecule has 1 atom stereocenters. The molecule has 0 aromatic heterocycles. The van der Waals surface area contributed by atoms with E-state index in [2.05, 4.69) is 15.9 Å². The van der Waals surface area contributed by atoms with E-state index in [-0.39, 0.29) is 5.75 Å². The second kappa shape index (κ2) is 5.88. The van der Waals surface area contributed by atoms with Gasteiger partial charge in [-0.3, -0.25) is 0 Å². The number of hydrogen-bond acceptors (Lipinski definition) is 1. The van der Waals surface area contributed by atoms with Crippen molar-refractivity contribution in [3.05, 3.63) is 63.6 Å². The van der Waals surface area contributed by atoms with Gasteiger partial charge in [0.1, 0.15) is 5.82 Å². The Morgan fingerprint density at radius 3 is 2.47 bits per heavy atom. The average molecular weight is 348 g/mol. The van der Waals surface area contributed by atoms with Crippen LogP contribution in [0.4, 0.5) is 8.78 Å². The van der Waals surface area contributed by atoms with Gasteiger partial charge in [-0.2, -0.15) is 0 Å². The molecule has 0 N–H and O–H groups in total. The zero-order chi connectivity index (χ0) is 14.0. The van der Waals surface area contributed by atoms with Crippen molar-refractivity contribution in [2.45, 2.75) is 5.38 Å². The van der Waals surface area contributed by atoms with Gasteiger partial charge in [-0.1, -0.05) is 22.0 Å².